The lowest BCUT2D eigenvalue weighted by Gasteiger charge is -2.20. The predicted molar refractivity (Wildman–Crippen MR) is 108 cm³/mol. The molecule has 5 nitrogen and oxygen atoms in total. The fourth-order valence-electron chi connectivity index (χ4n) is 2.40. The maximum Gasteiger partial charge on any atom is 0.270 e. The molecule has 27 heavy (non-hydrogen) atoms. The Morgan fingerprint density at radius 2 is 1.48 bits per heavy atom. The van der Waals surface area contributed by atoms with E-state index in [0.717, 1.165) is 22.9 Å². The first-order valence-corrected chi connectivity index (χ1v) is 8.78. The van der Waals surface area contributed by atoms with E-state index in [1.54, 1.807) is 12.3 Å². The summed E-state index contributed by atoms with van der Waals surface area (Å²) in [5.74, 6) is 1.38. The number of anilines is 2. The number of carbonyl (C=O) groups is 1. The second-order valence-corrected chi connectivity index (χ2v) is 7.20. The van der Waals surface area contributed by atoms with E-state index in [1.807, 2.05) is 81.4 Å². The van der Waals surface area contributed by atoms with E-state index in [4.69, 9.17) is 4.74 Å². The second kappa shape index (κ2) is 7.91. The summed E-state index contributed by atoms with van der Waals surface area (Å²) in [6.07, 6.45) is 1.64. The van der Waals surface area contributed by atoms with Crippen molar-refractivity contribution < 1.29 is 9.53 Å². The number of benzene rings is 2. The number of ether oxygens (including phenoxy) is 1. The summed E-state index contributed by atoms with van der Waals surface area (Å²) >= 11 is 0. The van der Waals surface area contributed by atoms with Gasteiger partial charge < -0.3 is 15.4 Å². The first-order valence-electron chi connectivity index (χ1n) is 8.78. The maximum absolute atomic E-state index is 12.1. The third kappa shape index (κ3) is 5.57. The monoisotopic (exact) mass is 361 g/mol. The van der Waals surface area contributed by atoms with E-state index in [-0.39, 0.29) is 11.4 Å². The van der Waals surface area contributed by atoms with Gasteiger partial charge in [-0.15, -0.1) is 0 Å². The summed E-state index contributed by atoms with van der Waals surface area (Å²) in [6.45, 7) is 5.81. The fraction of sp³-hybridized carbons (Fsp3) is 0.182. The van der Waals surface area contributed by atoms with Crippen molar-refractivity contribution in [3.63, 3.8) is 0 Å². The molecule has 2 aromatic carbocycles. The Balaban J connectivity index is 1.61. The Bertz CT molecular complexity index is 884. The van der Waals surface area contributed by atoms with Crippen molar-refractivity contribution in [1.29, 1.82) is 0 Å². The highest BCUT2D eigenvalue weighted by Crippen LogP contribution is 2.24. The van der Waals surface area contributed by atoms with Gasteiger partial charge in [0, 0.05) is 11.2 Å². The molecule has 0 spiro atoms. The molecule has 1 amide bonds. The number of hydrogen-bond acceptors (Lipinski definition) is 4. The minimum atomic E-state index is -0.292. The SMILES string of the molecule is CC(C)(C)NC(=O)c1ccc(Nc2ccc(Oc3ccccc3)cc2)cn1. The van der Waals surface area contributed by atoms with Crippen LogP contribution in [0.2, 0.25) is 0 Å². The third-order valence-electron chi connectivity index (χ3n) is 3.61. The van der Waals surface area contributed by atoms with Crippen molar-refractivity contribution >= 4 is 17.3 Å². The maximum atomic E-state index is 12.1. The molecule has 0 bridgehead atoms. The van der Waals surface area contributed by atoms with Gasteiger partial charge >= 0.3 is 0 Å². The van der Waals surface area contributed by atoms with Crippen molar-refractivity contribution in [2.75, 3.05) is 5.32 Å². The van der Waals surface area contributed by atoms with Crippen LogP contribution in [0.1, 0.15) is 31.3 Å². The number of rotatable bonds is 5. The molecule has 2 N–H and O–H groups in total. The summed E-state index contributed by atoms with van der Waals surface area (Å²) in [7, 11) is 0. The van der Waals surface area contributed by atoms with E-state index >= 15 is 0 Å². The molecule has 0 atom stereocenters. The largest absolute Gasteiger partial charge is 0.457 e. The van der Waals surface area contributed by atoms with Crippen molar-refractivity contribution in [1.82, 2.24) is 10.3 Å². The number of para-hydroxylation sites is 1. The standard InChI is InChI=1S/C22H23N3O2/c1-22(2,3)25-21(26)20-14-11-17(15-23-20)24-16-9-12-19(13-10-16)27-18-7-5-4-6-8-18/h4-15,24H,1-3H3,(H,25,26). The van der Waals surface area contributed by atoms with Gasteiger partial charge in [-0.25, -0.2) is 4.98 Å². The molecule has 0 aliphatic rings. The highest BCUT2D eigenvalue weighted by Gasteiger charge is 2.16. The average Bonchev–Trinajstić information content (AvgIpc) is 2.63. The van der Waals surface area contributed by atoms with Crippen LogP contribution in [0.5, 0.6) is 11.5 Å². The molecule has 0 aliphatic carbocycles. The number of pyridine rings is 1. The second-order valence-electron chi connectivity index (χ2n) is 7.20. The summed E-state index contributed by atoms with van der Waals surface area (Å²) in [5, 5.41) is 6.15. The number of nitrogens with zero attached hydrogens (tertiary/aromatic N) is 1. The van der Waals surface area contributed by atoms with Crippen LogP contribution in [0.15, 0.2) is 72.9 Å². The van der Waals surface area contributed by atoms with Gasteiger partial charge in [0.25, 0.3) is 5.91 Å². The zero-order valence-electron chi connectivity index (χ0n) is 15.7. The van der Waals surface area contributed by atoms with Gasteiger partial charge in [0.15, 0.2) is 0 Å². The Hall–Kier alpha value is -3.34. The van der Waals surface area contributed by atoms with Gasteiger partial charge in [-0.05, 0) is 69.3 Å². The predicted octanol–water partition coefficient (Wildman–Crippen LogP) is 5.15. The van der Waals surface area contributed by atoms with E-state index in [2.05, 4.69) is 15.6 Å². The lowest BCUT2D eigenvalue weighted by molar-refractivity contribution is 0.0914. The molecule has 1 heterocycles. The molecule has 0 radical (unpaired) electrons. The summed E-state index contributed by atoms with van der Waals surface area (Å²) < 4.78 is 5.78. The smallest absolute Gasteiger partial charge is 0.270 e. The Labute approximate surface area is 159 Å². The minimum Gasteiger partial charge on any atom is -0.457 e. The molecule has 0 saturated carbocycles. The van der Waals surface area contributed by atoms with Crippen molar-refractivity contribution in [3.8, 4) is 11.5 Å². The van der Waals surface area contributed by atoms with Gasteiger partial charge in [0.2, 0.25) is 0 Å². The Morgan fingerprint density at radius 1 is 0.852 bits per heavy atom. The van der Waals surface area contributed by atoms with Crippen LogP contribution in [0.25, 0.3) is 0 Å². The normalized spacial score (nSPS) is 10.9. The van der Waals surface area contributed by atoms with Gasteiger partial charge in [-0.1, -0.05) is 18.2 Å². The van der Waals surface area contributed by atoms with Crippen LogP contribution in [-0.4, -0.2) is 16.4 Å². The molecule has 0 fully saturated rings. The fourth-order valence-corrected chi connectivity index (χ4v) is 2.40. The average molecular weight is 361 g/mol. The summed E-state index contributed by atoms with van der Waals surface area (Å²) in [5.41, 5.74) is 1.81. The quantitative estimate of drug-likeness (QED) is 0.660. The van der Waals surface area contributed by atoms with Crippen LogP contribution in [0, 0.1) is 0 Å². The number of hydrogen-bond donors (Lipinski definition) is 2. The topological polar surface area (TPSA) is 63.2 Å². The Morgan fingerprint density at radius 3 is 2.07 bits per heavy atom. The lowest BCUT2D eigenvalue weighted by Crippen LogP contribution is -2.40. The molecule has 3 aromatic rings. The number of amides is 1. The number of nitrogens with one attached hydrogen (secondary N) is 2. The van der Waals surface area contributed by atoms with Crippen LogP contribution in [-0.2, 0) is 0 Å². The van der Waals surface area contributed by atoms with Crippen LogP contribution >= 0.6 is 0 Å². The molecule has 0 aliphatic heterocycles. The zero-order valence-corrected chi connectivity index (χ0v) is 15.7. The zero-order chi connectivity index (χ0) is 19.3. The summed E-state index contributed by atoms with van der Waals surface area (Å²) in [6, 6.07) is 20.8. The van der Waals surface area contributed by atoms with Gasteiger partial charge in [-0.3, -0.25) is 4.79 Å². The summed E-state index contributed by atoms with van der Waals surface area (Å²) in [4.78, 5) is 16.3. The highest BCUT2D eigenvalue weighted by molar-refractivity contribution is 5.92. The number of aromatic nitrogens is 1. The van der Waals surface area contributed by atoms with Crippen LogP contribution in [0.4, 0.5) is 11.4 Å². The van der Waals surface area contributed by atoms with Crippen LogP contribution < -0.4 is 15.4 Å². The van der Waals surface area contributed by atoms with Gasteiger partial charge in [0.1, 0.15) is 17.2 Å². The molecule has 3 rings (SSSR count). The molecular formula is C22H23N3O2. The lowest BCUT2D eigenvalue weighted by atomic mass is 10.1. The molecular weight excluding hydrogens is 338 g/mol. The van der Waals surface area contributed by atoms with E-state index in [9.17, 15) is 4.79 Å². The van der Waals surface area contributed by atoms with E-state index < -0.39 is 0 Å². The van der Waals surface area contributed by atoms with Gasteiger partial charge in [-0.2, -0.15) is 0 Å². The molecule has 0 unspecified atom stereocenters. The van der Waals surface area contributed by atoms with Crippen molar-refractivity contribution in [2.45, 2.75) is 26.3 Å². The minimum absolute atomic E-state index is 0.184. The van der Waals surface area contributed by atoms with Gasteiger partial charge in [0.05, 0.1) is 11.9 Å². The first kappa shape index (κ1) is 18.5. The third-order valence-corrected chi connectivity index (χ3v) is 3.61. The molecule has 138 valence electrons. The van der Waals surface area contributed by atoms with Crippen molar-refractivity contribution in [3.05, 3.63) is 78.6 Å². The molecule has 1 aromatic heterocycles. The molecule has 0 saturated heterocycles. The van der Waals surface area contributed by atoms with E-state index in [1.165, 1.54) is 0 Å². The first-order chi connectivity index (χ1) is 12.9. The number of carbonyl (C=O) groups excluding carboxylic acids is 1. The molecule has 5 heteroatoms. The highest BCUT2D eigenvalue weighted by atomic mass is 16.5. The Kier molecular flexibility index (Phi) is 5.41. The van der Waals surface area contributed by atoms with E-state index in [0.29, 0.717) is 5.69 Å². The van der Waals surface area contributed by atoms with Crippen molar-refractivity contribution in [2.24, 2.45) is 0 Å². The van der Waals surface area contributed by atoms with Crippen LogP contribution in [0.3, 0.4) is 0 Å².